The van der Waals surface area contributed by atoms with Crippen LogP contribution < -0.4 is 0 Å². The van der Waals surface area contributed by atoms with E-state index in [4.69, 9.17) is 0 Å². The molecule has 1 unspecified atom stereocenters. The molecule has 0 N–H and O–H groups in total. The summed E-state index contributed by atoms with van der Waals surface area (Å²) in [6.07, 6.45) is 6.34. The van der Waals surface area contributed by atoms with Gasteiger partial charge in [0.15, 0.2) is 0 Å². The van der Waals surface area contributed by atoms with Crippen LogP contribution in [0.2, 0.25) is 0 Å². The Hall–Kier alpha value is -2.09. The lowest BCUT2D eigenvalue weighted by atomic mass is 9.87. The Kier molecular flexibility index (Phi) is 6.81. The van der Waals surface area contributed by atoms with Gasteiger partial charge in [0.1, 0.15) is 0 Å². The van der Waals surface area contributed by atoms with E-state index in [1.165, 1.54) is 29.5 Å². The Morgan fingerprint density at radius 3 is 2.56 bits per heavy atom. The molecule has 0 fully saturated rings. The summed E-state index contributed by atoms with van der Waals surface area (Å²) in [7, 11) is 0. The molecule has 1 aliphatic rings. The van der Waals surface area contributed by atoms with Gasteiger partial charge in [0.25, 0.3) is 0 Å². The largest absolute Gasteiger partial charge is 0.360 e. The second-order valence-electron chi connectivity index (χ2n) is 6.92. The minimum atomic E-state index is 0.322. The third kappa shape index (κ3) is 4.50. The predicted octanol–water partition coefficient (Wildman–Crippen LogP) is 6.06. The SMILES string of the molecule is C=C(CCCC)C1Cc2ccccc2CN1C(=C)/C(C)=C(C)/N=C\C. The van der Waals surface area contributed by atoms with Gasteiger partial charge in [0.05, 0.1) is 6.04 Å². The molecule has 2 rings (SSSR count). The van der Waals surface area contributed by atoms with E-state index >= 15 is 0 Å². The van der Waals surface area contributed by atoms with Crippen molar-refractivity contribution in [1.82, 2.24) is 4.90 Å². The number of benzene rings is 1. The fraction of sp³-hybridized carbons (Fsp3) is 0.435. The van der Waals surface area contributed by atoms with Crippen LogP contribution in [0.25, 0.3) is 0 Å². The van der Waals surface area contributed by atoms with E-state index in [9.17, 15) is 0 Å². The number of fused-ring (bicyclic) bond motifs is 1. The third-order valence-corrected chi connectivity index (χ3v) is 5.22. The molecule has 0 radical (unpaired) electrons. The van der Waals surface area contributed by atoms with Gasteiger partial charge in [-0.3, -0.25) is 4.99 Å². The second kappa shape index (κ2) is 8.84. The van der Waals surface area contributed by atoms with Crippen LogP contribution in [-0.4, -0.2) is 17.2 Å². The molecule has 25 heavy (non-hydrogen) atoms. The molecule has 1 atom stereocenters. The topological polar surface area (TPSA) is 15.6 Å². The Labute approximate surface area is 153 Å². The van der Waals surface area contributed by atoms with Gasteiger partial charge in [0, 0.05) is 24.2 Å². The molecule has 0 bridgehead atoms. The van der Waals surface area contributed by atoms with Crippen LogP contribution >= 0.6 is 0 Å². The van der Waals surface area contributed by atoms with E-state index < -0.39 is 0 Å². The average Bonchev–Trinajstić information content (AvgIpc) is 2.63. The van der Waals surface area contributed by atoms with Crippen molar-refractivity contribution in [3.63, 3.8) is 0 Å². The van der Waals surface area contributed by atoms with Crippen molar-refractivity contribution in [2.75, 3.05) is 0 Å². The van der Waals surface area contributed by atoms with Crippen LogP contribution in [0.5, 0.6) is 0 Å². The Bertz CT molecular complexity index is 694. The third-order valence-electron chi connectivity index (χ3n) is 5.22. The van der Waals surface area contributed by atoms with E-state index in [1.807, 2.05) is 13.1 Å². The van der Waals surface area contributed by atoms with Crippen molar-refractivity contribution in [2.24, 2.45) is 4.99 Å². The number of unbranched alkanes of at least 4 members (excludes halogenated alkanes) is 1. The first kappa shape index (κ1) is 19.2. The molecule has 0 spiro atoms. The maximum absolute atomic E-state index is 4.45. The van der Waals surface area contributed by atoms with Crippen molar-refractivity contribution in [1.29, 1.82) is 0 Å². The van der Waals surface area contributed by atoms with E-state index in [0.717, 1.165) is 36.4 Å². The van der Waals surface area contributed by atoms with Crippen molar-refractivity contribution in [3.05, 3.63) is 71.1 Å². The molecule has 1 heterocycles. The number of allylic oxidation sites excluding steroid dienone is 2. The normalized spacial score (nSPS) is 18.1. The van der Waals surface area contributed by atoms with Crippen molar-refractivity contribution < 1.29 is 0 Å². The summed E-state index contributed by atoms with van der Waals surface area (Å²) in [6.45, 7) is 18.1. The molecule has 134 valence electrons. The summed E-state index contributed by atoms with van der Waals surface area (Å²) in [5.74, 6) is 0. The fourth-order valence-corrected chi connectivity index (χ4v) is 3.46. The van der Waals surface area contributed by atoms with Gasteiger partial charge in [-0.15, -0.1) is 0 Å². The van der Waals surface area contributed by atoms with Crippen LogP contribution in [0.3, 0.4) is 0 Å². The average molecular weight is 337 g/mol. The number of nitrogens with zero attached hydrogens (tertiary/aromatic N) is 2. The number of rotatable bonds is 7. The fourth-order valence-electron chi connectivity index (χ4n) is 3.46. The molecular formula is C23H32N2. The summed E-state index contributed by atoms with van der Waals surface area (Å²) in [6, 6.07) is 9.07. The van der Waals surface area contributed by atoms with Crippen LogP contribution in [0, 0.1) is 0 Å². The summed E-state index contributed by atoms with van der Waals surface area (Å²) < 4.78 is 0. The number of hydrogen-bond acceptors (Lipinski definition) is 2. The van der Waals surface area contributed by atoms with Crippen molar-refractivity contribution in [2.45, 2.75) is 66.0 Å². The first-order valence-electron chi connectivity index (χ1n) is 9.36. The molecule has 0 aromatic heterocycles. The zero-order valence-corrected chi connectivity index (χ0v) is 16.3. The molecule has 0 saturated carbocycles. The van der Waals surface area contributed by atoms with E-state index in [0.29, 0.717) is 6.04 Å². The summed E-state index contributed by atoms with van der Waals surface area (Å²) >= 11 is 0. The first-order chi connectivity index (χ1) is 12.0. The molecule has 1 aromatic carbocycles. The second-order valence-corrected chi connectivity index (χ2v) is 6.92. The zero-order chi connectivity index (χ0) is 18.4. The monoisotopic (exact) mass is 336 g/mol. The van der Waals surface area contributed by atoms with E-state index in [2.05, 4.69) is 68.1 Å². The van der Waals surface area contributed by atoms with Crippen LogP contribution in [-0.2, 0) is 13.0 Å². The summed E-state index contributed by atoms with van der Waals surface area (Å²) in [5.41, 5.74) is 7.42. The minimum Gasteiger partial charge on any atom is -0.360 e. The van der Waals surface area contributed by atoms with E-state index in [-0.39, 0.29) is 0 Å². The molecule has 0 saturated heterocycles. The van der Waals surface area contributed by atoms with Gasteiger partial charge in [-0.25, -0.2) is 0 Å². The van der Waals surface area contributed by atoms with Gasteiger partial charge in [-0.05, 0) is 56.7 Å². The molecule has 1 aromatic rings. The summed E-state index contributed by atoms with van der Waals surface area (Å²) in [5, 5.41) is 0. The van der Waals surface area contributed by atoms with Crippen molar-refractivity contribution >= 4 is 6.21 Å². The Balaban J connectivity index is 2.35. The zero-order valence-electron chi connectivity index (χ0n) is 16.3. The number of aliphatic imine (C=N–C) groups is 1. The highest BCUT2D eigenvalue weighted by atomic mass is 15.2. The first-order valence-corrected chi connectivity index (χ1v) is 9.36. The van der Waals surface area contributed by atoms with E-state index in [1.54, 1.807) is 0 Å². The molecular weight excluding hydrogens is 304 g/mol. The molecule has 2 heteroatoms. The molecule has 1 aliphatic heterocycles. The van der Waals surface area contributed by atoms with Crippen LogP contribution in [0.15, 0.2) is 65.0 Å². The van der Waals surface area contributed by atoms with Gasteiger partial charge in [0.2, 0.25) is 0 Å². The summed E-state index contributed by atoms with van der Waals surface area (Å²) in [4.78, 5) is 6.88. The molecule has 0 amide bonds. The predicted molar refractivity (Wildman–Crippen MR) is 110 cm³/mol. The smallest absolute Gasteiger partial charge is 0.0543 e. The molecule has 2 nitrogen and oxygen atoms in total. The lowest BCUT2D eigenvalue weighted by Gasteiger charge is -2.41. The van der Waals surface area contributed by atoms with Gasteiger partial charge >= 0.3 is 0 Å². The quantitative estimate of drug-likeness (QED) is 0.336. The highest BCUT2D eigenvalue weighted by Gasteiger charge is 2.29. The maximum atomic E-state index is 4.45. The lowest BCUT2D eigenvalue weighted by Crippen LogP contribution is -2.41. The number of hydrogen-bond donors (Lipinski definition) is 0. The highest BCUT2D eigenvalue weighted by Crippen LogP contribution is 2.33. The maximum Gasteiger partial charge on any atom is 0.0543 e. The van der Waals surface area contributed by atoms with Crippen LogP contribution in [0.1, 0.15) is 58.1 Å². The van der Waals surface area contributed by atoms with Gasteiger partial charge in [-0.2, -0.15) is 0 Å². The molecule has 0 aliphatic carbocycles. The standard InChI is InChI=1S/C23H32N2/c1-7-9-12-17(3)23-15-21-13-10-11-14-22(21)16-25(23)20(6)18(4)19(5)24-8-2/h8,10-11,13-14,23H,3,6-7,9,12,15-16H2,1-2,4-5H3/b19-18+,24-8-. The lowest BCUT2D eigenvalue weighted by molar-refractivity contribution is 0.255. The Morgan fingerprint density at radius 1 is 1.24 bits per heavy atom. The minimum absolute atomic E-state index is 0.322. The van der Waals surface area contributed by atoms with Gasteiger partial charge < -0.3 is 4.90 Å². The van der Waals surface area contributed by atoms with Gasteiger partial charge in [-0.1, -0.05) is 56.3 Å². The Morgan fingerprint density at radius 2 is 1.92 bits per heavy atom. The van der Waals surface area contributed by atoms with Crippen LogP contribution in [0.4, 0.5) is 0 Å². The highest BCUT2D eigenvalue weighted by molar-refractivity contribution is 5.56. The van der Waals surface area contributed by atoms with Crippen molar-refractivity contribution in [3.8, 4) is 0 Å².